The van der Waals surface area contributed by atoms with Gasteiger partial charge in [-0.1, -0.05) is 158 Å². The molecule has 0 radical (unpaired) electrons. The zero-order chi connectivity index (χ0) is 42.9. The SMILES string of the molecule is [2H]c1c([2H])c([2H])c(-c2c([2H])c([2H])c3c([2H])c(-c4nc(-c5ccccc5)nc(-c5cc(-c6cccc(-c7ccccc7)c6)c6ccccc6c5)n4)c([2H])c([2H])c3c2[2H])c([2H])c1[2H]. The molecule has 0 bridgehead atoms. The fraction of sp³-hybridized carbons (Fsp3) is 0. The molecule has 0 saturated heterocycles. The Balaban J connectivity index is 1.29. The molecule has 0 N–H and O–H groups in total. The molecule has 50 heavy (non-hydrogen) atoms. The first-order chi connectivity index (χ1) is 29.3. The highest BCUT2D eigenvalue weighted by atomic mass is 15.0. The van der Waals surface area contributed by atoms with E-state index in [-0.39, 0.29) is 33.8 Å². The summed E-state index contributed by atoms with van der Waals surface area (Å²) in [4.78, 5) is 14.5. The van der Waals surface area contributed by atoms with Gasteiger partial charge in [0.05, 0.1) is 15.1 Å². The number of hydrogen-bond donors (Lipinski definition) is 0. The lowest BCUT2D eigenvalue weighted by molar-refractivity contribution is 1.08. The summed E-state index contributed by atoms with van der Waals surface area (Å²) in [6, 6.07) is 32.4. The molecule has 0 fully saturated rings. The van der Waals surface area contributed by atoms with E-state index in [1.807, 2.05) is 97.1 Å². The van der Waals surface area contributed by atoms with Crippen molar-refractivity contribution in [3.63, 3.8) is 0 Å². The third-order valence-electron chi connectivity index (χ3n) is 8.42. The highest BCUT2D eigenvalue weighted by molar-refractivity contribution is 6.00. The van der Waals surface area contributed by atoms with Crippen LogP contribution < -0.4 is 0 Å². The van der Waals surface area contributed by atoms with Crippen molar-refractivity contribution in [3.8, 4) is 67.5 Å². The van der Waals surface area contributed by atoms with E-state index in [1.165, 1.54) is 0 Å². The van der Waals surface area contributed by atoms with Crippen molar-refractivity contribution in [2.45, 2.75) is 0 Å². The average molecular weight is 649 g/mol. The maximum atomic E-state index is 9.45. The number of aromatic nitrogens is 3. The third-order valence-corrected chi connectivity index (χ3v) is 8.42. The van der Waals surface area contributed by atoms with Crippen molar-refractivity contribution >= 4 is 21.5 Å². The molecule has 234 valence electrons. The summed E-state index contributed by atoms with van der Waals surface area (Å²) in [6.07, 6.45) is 0. The molecule has 8 aromatic carbocycles. The van der Waals surface area contributed by atoms with Crippen LogP contribution in [0.5, 0.6) is 0 Å². The first kappa shape index (κ1) is 20.0. The minimum atomic E-state index is -0.690. The van der Waals surface area contributed by atoms with Crippen LogP contribution in [0.3, 0.4) is 0 Å². The molecule has 0 spiro atoms. The van der Waals surface area contributed by atoms with Gasteiger partial charge in [-0.2, -0.15) is 0 Å². The Kier molecular flexibility index (Phi) is 5.08. The lowest BCUT2D eigenvalue weighted by Gasteiger charge is -2.13. The van der Waals surface area contributed by atoms with Crippen LogP contribution in [-0.4, -0.2) is 15.0 Å². The van der Waals surface area contributed by atoms with E-state index in [1.54, 1.807) is 0 Å². The Bertz CT molecular complexity index is 3240. The first-order valence-corrected chi connectivity index (χ1v) is 16.0. The number of hydrogen-bond acceptors (Lipinski definition) is 3. The van der Waals surface area contributed by atoms with E-state index < -0.39 is 77.6 Å². The number of nitrogens with zero attached hydrogens (tertiary/aromatic N) is 3. The number of rotatable bonds is 6. The van der Waals surface area contributed by atoms with Crippen molar-refractivity contribution in [2.24, 2.45) is 0 Å². The predicted octanol–water partition coefficient (Wildman–Crippen LogP) is 12.2. The summed E-state index contributed by atoms with van der Waals surface area (Å²) in [5, 5.41) is 1.24. The Morgan fingerprint density at radius 2 is 0.920 bits per heavy atom. The van der Waals surface area contributed by atoms with Crippen LogP contribution in [0.1, 0.15) is 15.1 Å². The monoisotopic (exact) mass is 648 g/mol. The quantitative estimate of drug-likeness (QED) is 0.180. The molecular weight excluding hydrogens is 607 g/mol. The van der Waals surface area contributed by atoms with E-state index in [4.69, 9.17) is 25.9 Å². The molecule has 0 aliphatic carbocycles. The van der Waals surface area contributed by atoms with Gasteiger partial charge in [-0.05, 0) is 85.2 Å². The molecule has 0 amide bonds. The van der Waals surface area contributed by atoms with Crippen LogP contribution in [0.2, 0.25) is 0 Å². The van der Waals surface area contributed by atoms with E-state index in [0.29, 0.717) is 11.1 Å². The summed E-state index contributed by atoms with van der Waals surface area (Å²) in [7, 11) is 0. The molecule has 9 rings (SSSR count). The molecule has 9 aromatic rings. The minimum absolute atomic E-state index is 0.137. The second-order valence-corrected chi connectivity index (χ2v) is 11.6. The Morgan fingerprint density at radius 1 is 0.340 bits per heavy atom. The van der Waals surface area contributed by atoms with Gasteiger partial charge in [0.1, 0.15) is 0 Å². The van der Waals surface area contributed by atoms with Gasteiger partial charge < -0.3 is 0 Å². The fourth-order valence-electron chi connectivity index (χ4n) is 6.00. The molecule has 1 heterocycles. The Hall–Kier alpha value is -6.71. The zero-order valence-corrected chi connectivity index (χ0v) is 26.4. The van der Waals surface area contributed by atoms with Gasteiger partial charge in [0, 0.05) is 16.7 Å². The summed E-state index contributed by atoms with van der Waals surface area (Å²) in [6.45, 7) is 0. The number of benzene rings is 8. The van der Waals surface area contributed by atoms with Crippen LogP contribution in [0, 0.1) is 0 Å². The average Bonchev–Trinajstić information content (AvgIpc) is 3.29. The molecule has 1 aromatic heterocycles. The molecule has 0 unspecified atom stereocenters. The summed E-state index contributed by atoms with van der Waals surface area (Å²) in [5.74, 6) is 0.296. The van der Waals surface area contributed by atoms with Gasteiger partial charge >= 0.3 is 0 Å². The van der Waals surface area contributed by atoms with Gasteiger partial charge in [-0.15, -0.1) is 0 Å². The number of fused-ring (bicyclic) bond motifs is 2. The van der Waals surface area contributed by atoms with Gasteiger partial charge in [-0.25, -0.2) is 15.0 Å². The van der Waals surface area contributed by atoms with Crippen LogP contribution in [0.15, 0.2) is 188 Å². The lowest BCUT2D eigenvalue weighted by Crippen LogP contribution is -2.00. The van der Waals surface area contributed by atoms with Crippen LogP contribution >= 0.6 is 0 Å². The Morgan fingerprint density at radius 3 is 1.68 bits per heavy atom. The summed E-state index contributed by atoms with van der Waals surface area (Å²) >= 11 is 0. The normalized spacial score (nSPS) is 14.3. The second kappa shape index (κ2) is 12.7. The molecule has 0 atom stereocenters. The fourth-order valence-corrected chi connectivity index (χ4v) is 6.00. The highest BCUT2D eigenvalue weighted by Crippen LogP contribution is 2.36. The maximum absolute atomic E-state index is 9.45. The first-order valence-electron chi connectivity index (χ1n) is 21.5. The van der Waals surface area contributed by atoms with Gasteiger partial charge in [0.15, 0.2) is 17.5 Å². The van der Waals surface area contributed by atoms with Crippen molar-refractivity contribution in [2.75, 3.05) is 0 Å². The maximum Gasteiger partial charge on any atom is 0.164 e. The lowest BCUT2D eigenvalue weighted by atomic mass is 9.93. The molecular formula is C47H31N3. The van der Waals surface area contributed by atoms with E-state index in [9.17, 15) is 4.11 Å². The summed E-state index contributed by atoms with van der Waals surface area (Å²) < 4.78 is 96.6. The topological polar surface area (TPSA) is 38.7 Å². The van der Waals surface area contributed by atoms with Crippen molar-refractivity contribution in [1.29, 1.82) is 0 Å². The molecule has 0 aliphatic heterocycles. The van der Waals surface area contributed by atoms with Crippen LogP contribution in [0.4, 0.5) is 0 Å². The van der Waals surface area contributed by atoms with Crippen LogP contribution in [0.25, 0.3) is 89.1 Å². The van der Waals surface area contributed by atoms with Crippen molar-refractivity contribution in [1.82, 2.24) is 15.0 Å². The van der Waals surface area contributed by atoms with E-state index >= 15 is 0 Å². The molecule has 3 heteroatoms. The highest BCUT2D eigenvalue weighted by Gasteiger charge is 2.16. The standard InChI is InChI=1S/C47H31N3/c1-4-13-32(14-5-1)35-20-12-21-40(28-35)44-31-42(30-39-19-10-11-22-43(39)44)47-49-45(34-17-8-3-9-18-34)48-46(50-47)41-26-25-37-27-36(23-24-38(37)29-41)33-15-6-2-7-16-33/h1-31H/i2D,6D,7D,15D,16D,23D,24D,25D,26D,27D,29D. The third kappa shape index (κ3) is 5.72. The van der Waals surface area contributed by atoms with Crippen LogP contribution in [-0.2, 0) is 0 Å². The largest absolute Gasteiger partial charge is 0.208 e. The van der Waals surface area contributed by atoms with Gasteiger partial charge in [0.2, 0.25) is 0 Å². The minimum Gasteiger partial charge on any atom is -0.208 e. The van der Waals surface area contributed by atoms with E-state index in [2.05, 4.69) is 24.3 Å². The second-order valence-electron chi connectivity index (χ2n) is 11.6. The van der Waals surface area contributed by atoms with Crippen molar-refractivity contribution < 1.29 is 15.1 Å². The van der Waals surface area contributed by atoms with Gasteiger partial charge in [0.25, 0.3) is 0 Å². The van der Waals surface area contributed by atoms with E-state index in [0.717, 1.165) is 33.0 Å². The smallest absolute Gasteiger partial charge is 0.164 e. The predicted molar refractivity (Wildman–Crippen MR) is 207 cm³/mol. The molecule has 0 aliphatic rings. The Labute approximate surface area is 306 Å². The van der Waals surface area contributed by atoms with Gasteiger partial charge in [-0.3, -0.25) is 0 Å². The van der Waals surface area contributed by atoms with Crippen molar-refractivity contribution in [3.05, 3.63) is 188 Å². The molecule has 3 nitrogen and oxygen atoms in total. The summed E-state index contributed by atoms with van der Waals surface area (Å²) in [5.41, 5.74) is 4.02. The zero-order valence-electron chi connectivity index (χ0n) is 37.4. The molecule has 0 saturated carbocycles.